The number of anilines is 1. The normalized spacial score (nSPS) is 14.9. The average molecular weight is 302 g/mol. The second-order valence-electron chi connectivity index (χ2n) is 5.27. The van der Waals surface area contributed by atoms with Crippen molar-refractivity contribution in [3.63, 3.8) is 0 Å². The van der Waals surface area contributed by atoms with E-state index in [0.717, 1.165) is 18.4 Å². The zero-order valence-electron chi connectivity index (χ0n) is 11.7. The lowest BCUT2D eigenvalue weighted by Crippen LogP contribution is -2.36. The molecule has 0 spiro atoms. The second kappa shape index (κ2) is 5.85. The molecule has 1 saturated carbocycles. The number of pyridine rings is 1. The molecule has 1 fully saturated rings. The van der Waals surface area contributed by atoms with E-state index in [1.807, 2.05) is 36.4 Å². The van der Waals surface area contributed by atoms with E-state index in [0.29, 0.717) is 12.2 Å². The van der Waals surface area contributed by atoms with Crippen molar-refractivity contribution >= 4 is 15.8 Å². The first-order valence-electron chi connectivity index (χ1n) is 7.14. The minimum absolute atomic E-state index is 0.0840. The maximum Gasteiger partial charge on any atom is 0.236 e. The van der Waals surface area contributed by atoms with Crippen LogP contribution in [0.25, 0.3) is 0 Å². The predicted octanol–water partition coefficient (Wildman–Crippen LogP) is 2.62. The van der Waals surface area contributed by atoms with Crippen LogP contribution >= 0.6 is 0 Å². The van der Waals surface area contributed by atoms with Crippen molar-refractivity contribution in [2.24, 2.45) is 0 Å². The van der Waals surface area contributed by atoms with Gasteiger partial charge in [0.15, 0.2) is 0 Å². The van der Waals surface area contributed by atoms with Crippen molar-refractivity contribution in [2.45, 2.75) is 25.3 Å². The molecule has 0 unspecified atom stereocenters. The monoisotopic (exact) mass is 302 g/mol. The lowest BCUT2D eigenvalue weighted by molar-refractivity contribution is 0.589. The summed E-state index contributed by atoms with van der Waals surface area (Å²) in [6.07, 6.45) is 4.00. The molecule has 0 saturated heterocycles. The molecule has 0 atom stereocenters. The van der Waals surface area contributed by atoms with E-state index < -0.39 is 10.0 Å². The number of hydrogen-bond donors (Lipinski definition) is 0. The Bertz CT molecular complexity index is 683. The number of aromatic nitrogens is 1. The molecule has 1 aromatic carbocycles. The molecule has 0 radical (unpaired) electrons. The molecule has 5 heteroatoms. The standard InChI is InChI=1S/C16H18N2O2S/c19-21(20,13-11-14-6-2-1-3-7-14)18(15-9-10-15)16-8-4-5-12-17-16/h1-8,12,15H,9-11,13H2. The van der Waals surface area contributed by atoms with Gasteiger partial charge in [0.1, 0.15) is 5.82 Å². The maximum atomic E-state index is 12.7. The summed E-state index contributed by atoms with van der Waals surface area (Å²) in [6.45, 7) is 0. The highest BCUT2D eigenvalue weighted by Crippen LogP contribution is 2.33. The van der Waals surface area contributed by atoms with Crippen LogP contribution in [0, 0.1) is 0 Å². The molecular formula is C16H18N2O2S. The van der Waals surface area contributed by atoms with Gasteiger partial charge < -0.3 is 0 Å². The maximum absolute atomic E-state index is 12.7. The van der Waals surface area contributed by atoms with Crippen LogP contribution in [0.15, 0.2) is 54.7 Å². The lowest BCUT2D eigenvalue weighted by atomic mass is 10.2. The van der Waals surface area contributed by atoms with Gasteiger partial charge in [-0.1, -0.05) is 36.4 Å². The van der Waals surface area contributed by atoms with Crippen molar-refractivity contribution < 1.29 is 8.42 Å². The Balaban J connectivity index is 1.78. The molecule has 1 aromatic heterocycles. The molecule has 0 aliphatic heterocycles. The lowest BCUT2D eigenvalue weighted by Gasteiger charge is -2.23. The van der Waals surface area contributed by atoms with Gasteiger partial charge >= 0.3 is 0 Å². The summed E-state index contributed by atoms with van der Waals surface area (Å²) in [5, 5.41) is 0. The Morgan fingerprint density at radius 2 is 1.76 bits per heavy atom. The van der Waals surface area contributed by atoms with E-state index in [9.17, 15) is 8.42 Å². The topological polar surface area (TPSA) is 50.3 Å². The smallest absolute Gasteiger partial charge is 0.236 e. The van der Waals surface area contributed by atoms with Gasteiger partial charge in [0.2, 0.25) is 10.0 Å². The molecule has 1 aliphatic rings. The summed E-state index contributed by atoms with van der Waals surface area (Å²) in [6, 6.07) is 15.2. The number of benzene rings is 1. The average Bonchev–Trinajstić information content (AvgIpc) is 3.32. The van der Waals surface area contributed by atoms with Gasteiger partial charge in [-0.05, 0) is 37.0 Å². The summed E-state index contributed by atoms with van der Waals surface area (Å²) in [7, 11) is -3.34. The van der Waals surface area contributed by atoms with Crippen molar-refractivity contribution in [1.29, 1.82) is 0 Å². The van der Waals surface area contributed by atoms with Gasteiger partial charge in [-0.2, -0.15) is 0 Å². The van der Waals surface area contributed by atoms with Gasteiger partial charge in [0, 0.05) is 12.2 Å². The highest BCUT2D eigenvalue weighted by atomic mass is 32.2. The fourth-order valence-corrected chi connectivity index (χ4v) is 4.09. The molecule has 1 heterocycles. The van der Waals surface area contributed by atoms with Crippen molar-refractivity contribution in [3.8, 4) is 0 Å². The van der Waals surface area contributed by atoms with Crippen LogP contribution in [-0.4, -0.2) is 25.2 Å². The third kappa shape index (κ3) is 3.42. The highest BCUT2D eigenvalue weighted by molar-refractivity contribution is 7.92. The minimum Gasteiger partial charge on any atom is -0.251 e. The van der Waals surface area contributed by atoms with Crippen molar-refractivity contribution in [2.75, 3.05) is 10.1 Å². The Morgan fingerprint density at radius 3 is 2.38 bits per heavy atom. The van der Waals surface area contributed by atoms with E-state index in [1.165, 1.54) is 4.31 Å². The SMILES string of the molecule is O=S(=O)(CCc1ccccc1)N(c1ccccn1)C1CC1. The van der Waals surface area contributed by atoms with Gasteiger partial charge in [0.05, 0.1) is 5.75 Å². The molecule has 4 nitrogen and oxygen atoms in total. The van der Waals surface area contributed by atoms with Gasteiger partial charge in [-0.3, -0.25) is 4.31 Å². The molecular weight excluding hydrogens is 284 g/mol. The number of aryl methyl sites for hydroxylation is 1. The van der Waals surface area contributed by atoms with Crippen LogP contribution in [0.2, 0.25) is 0 Å². The Labute approximate surface area is 125 Å². The summed E-state index contributed by atoms with van der Waals surface area (Å²) >= 11 is 0. The molecule has 2 aromatic rings. The summed E-state index contributed by atoms with van der Waals surface area (Å²) in [5.74, 6) is 0.650. The molecule has 21 heavy (non-hydrogen) atoms. The van der Waals surface area contributed by atoms with E-state index in [-0.39, 0.29) is 11.8 Å². The number of nitrogens with zero attached hydrogens (tertiary/aromatic N) is 2. The second-order valence-corrected chi connectivity index (χ2v) is 7.23. The zero-order valence-corrected chi connectivity index (χ0v) is 12.5. The minimum atomic E-state index is -3.34. The highest BCUT2D eigenvalue weighted by Gasteiger charge is 2.37. The van der Waals surface area contributed by atoms with Crippen LogP contribution in [0.5, 0.6) is 0 Å². The van der Waals surface area contributed by atoms with Crippen LogP contribution in [0.4, 0.5) is 5.82 Å². The molecule has 1 aliphatic carbocycles. The van der Waals surface area contributed by atoms with E-state index >= 15 is 0 Å². The molecule has 0 amide bonds. The molecule has 0 N–H and O–H groups in total. The summed E-state index contributed by atoms with van der Waals surface area (Å²) in [4.78, 5) is 4.21. The Morgan fingerprint density at radius 1 is 1.05 bits per heavy atom. The van der Waals surface area contributed by atoms with E-state index in [2.05, 4.69) is 4.98 Å². The van der Waals surface area contributed by atoms with Gasteiger partial charge in [-0.15, -0.1) is 0 Å². The largest absolute Gasteiger partial charge is 0.251 e. The van der Waals surface area contributed by atoms with Crippen LogP contribution in [-0.2, 0) is 16.4 Å². The third-order valence-corrected chi connectivity index (χ3v) is 5.35. The first-order chi connectivity index (χ1) is 10.2. The quantitative estimate of drug-likeness (QED) is 0.824. The fourth-order valence-electron chi connectivity index (χ4n) is 2.34. The first-order valence-corrected chi connectivity index (χ1v) is 8.75. The zero-order chi connectivity index (χ0) is 14.7. The van der Waals surface area contributed by atoms with Crippen LogP contribution < -0.4 is 4.31 Å². The van der Waals surface area contributed by atoms with E-state index in [4.69, 9.17) is 0 Å². The number of rotatable bonds is 6. The van der Waals surface area contributed by atoms with Crippen LogP contribution in [0.1, 0.15) is 18.4 Å². The van der Waals surface area contributed by atoms with Crippen LogP contribution in [0.3, 0.4) is 0 Å². The molecule has 0 bridgehead atoms. The fraction of sp³-hybridized carbons (Fsp3) is 0.312. The first kappa shape index (κ1) is 14.1. The summed E-state index contributed by atoms with van der Waals surface area (Å²) in [5.41, 5.74) is 1.04. The van der Waals surface area contributed by atoms with Crippen molar-refractivity contribution in [3.05, 3.63) is 60.3 Å². The van der Waals surface area contributed by atoms with Gasteiger partial charge in [-0.25, -0.2) is 13.4 Å². The van der Waals surface area contributed by atoms with E-state index in [1.54, 1.807) is 18.3 Å². The summed E-state index contributed by atoms with van der Waals surface area (Å²) < 4.78 is 26.9. The number of sulfonamides is 1. The van der Waals surface area contributed by atoms with Crippen molar-refractivity contribution in [1.82, 2.24) is 4.98 Å². The Kier molecular flexibility index (Phi) is 3.92. The molecule has 110 valence electrons. The van der Waals surface area contributed by atoms with Gasteiger partial charge in [0.25, 0.3) is 0 Å². The number of hydrogen-bond acceptors (Lipinski definition) is 3. The Hall–Kier alpha value is -1.88. The third-order valence-electron chi connectivity index (χ3n) is 3.54. The predicted molar refractivity (Wildman–Crippen MR) is 83.7 cm³/mol. The molecule has 3 rings (SSSR count).